The summed E-state index contributed by atoms with van der Waals surface area (Å²) < 4.78 is 13.8. The summed E-state index contributed by atoms with van der Waals surface area (Å²) in [5.74, 6) is -0.220. The minimum atomic E-state index is -0.304. The van der Waals surface area contributed by atoms with Crippen LogP contribution in [0.1, 0.15) is 33.9 Å². The average molecular weight is 257 g/mol. The molecule has 1 nitrogen and oxygen atoms in total. The van der Waals surface area contributed by atoms with Gasteiger partial charge in [0.2, 0.25) is 0 Å². The molecule has 0 aliphatic heterocycles. The summed E-state index contributed by atoms with van der Waals surface area (Å²) in [6.45, 7) is 6.11. The largest absolute Gasteiger partial charge is 0.324 e. The van der Waals surface area contributed by atoms with Gasteiger partial charge in [0.25, 0.3) is 0 Å². The van der Waals surface area contributed by atoms with Gasteiger partial charge in [0.1, 0.15) is 5.82 Å². The molecule has 0 aliphatic carbocycles. The minimum absolute atomic E-state index is 0.220. The Balaban J connectivity index is 2.22. The Kier molecular flexibility index (Phi) is 4.01. The monoisotopic (exact) mass is 257 g/mol. The topological polar surface area (TPSA) is 26.0 Å². The van der Waals surface area contributed by atoms with Crippen molar-refractivity contribution < 1.29 is 4.39 Å². The van der Waals surface area contributed by atoms with Crippen molar-refractivity contribution >= 4 is 0 Å². The van der Waals surface area contributed by atoms with Crippen molar-refractivity contribution in [2.45, 2.75) is 33.2 Å². The second-order valence-electron chi connectivity index (χ2n) is 5.25. The average Bonchev–Trinajstić information content (AvgIpc) is 2.36. The van der Waals surface area contributed by atoms with Gasteiger partial charge in [0.05, 0.1) is 0 Å². The van der Waals surface area contributed by atoms with Crippen molar-refractivity contribution in [2.75, 3.05) is 0 Å². The Labute approximate surface area is 114 Å². The van der Waals surface area contributed by atoms with Crippen molar-refractivity contribution in [3.8, 4) is 0 Å². The van der Waals surface area contributed by atoms with Crippen LogP contribution >= 0.6 is 0 Å². The third kappa shape index (κ3) is 3.21. The number of rotatable bonds is 3. The lowest BCUT2D eigenvalue weighted by Gasteiger charge is -2.14. The van der Waals surface area contributed by atoms with Gasteiger partial charge in [-0.25, -0.2) is 4.39 Å². The first kappa shape index (κ1) is 13.8. The number of hydrogen-bond acceptors (Lipinski definition) is 1. The van der Waals surface area contributed by atoms with E-state index in [-0.39, 0.29) is 11.9 Å². The lowest BCUT2D eigenvalue weighted by molar-refractivity contribution is 0.579. The number of hydrogen-bond donors (Lipinski definition) is 1. The van der Waals surface area contributed by atoms with Crippen LogP contribution in [0.4, 0.5) is 4.39 Å². The zero-order chi connectivity index (χ0) is 14.0. The summed E-state index contributed by atoms with van der Waals surface area (Å²) in [7, 11) is 0. The predicted molar refractivity (Wildman–Crippen MR) is 77.7 cm³/mol. The SMILES string of the molecule is Cc1ccc(F)c(C(N)Cc2ccc(C)c(C)c2)c1. The third-order valence-corrected chi connectivity index (χ3v) is 3.58. The van der Waals surface area contributed by atoms with Crippen molar-refractivity contribution in [3.63, 3.8) is 0 Å². The Morgan fingerprint density at radius 1 is 1.00 bits per heavy atom. The zero-order valence-corrected chi connectivity index (χ0v) is 11.7. The quantitative estimate of drug-likeness (QED) is 0.884. The zero-order valence-electron chi connectivity index (χ0n) is 11.7. The standard InChI is InChI=1S/C17H20FN/c1-11-4-7-16(18)15(8-11)17(19)10-14-6-5-12(2)13(3)9-14/h4-9,17H,10,19H2,1-3H3. The molecule has 2 heteroatoms. The van der Waals surface area contributed by atoms with Crippen LogP contribution < -0.4 is 5.73 Å². The molecule has 1 unspecified atom stereocenters. The van der Waals surface area contributed by atoms with Gasteiger partial charge in [-0.2, -0.15) is 0 Å². The molecule has 0 fully saturated rings. The first-order valence-electron chi connectivity index (χ1n) is 6.55. The normalized spacial score (nSPS) is 12.5. The third-order valence-electron chi connectivity index (χ3n) is 3.58. The van der Waals surface area contributed by atoms with E-state index >= 15 is 0 Å². The van der Waals surface area contributed by atoms with Gasteiger partial charge >= 0.3 is 0 Å². The molecule has 2 rings (SSSR count). The van der Waals surface area contributed by atoms with Gasteiger partial charge in [0, 0.05) is 11.6 Å². The van der Waals surface area contributed by atoms with Crippen molar-refractivity contribution in [2.24, 2.45) is 5.73 Å². The number of nitrogens with two attached hydrogens (primary N) is 1. The predicted octanol–water partition coefficient (Wildman–Crippen LogP) is 3.99. The summed E-state index contributed by atoms with van der Waals surface area (Å²) in [4.78, 5) is 0. The van der Waals surface area contributed by atoms with Gasteiger partial charge in [-0.3, -0.25) is 0 Å². The first-order valence-corrected chi connectivity index (χ1v) is 6.55. The van der Waals surface area contributed by atoms with E-state index in [2.05, 4.69) is 32.0 Å². The van der Waals surface area contributed by atoms with Crippen LogP contribution in [0.2, 0.25) is 0 Å². The lowest BCUT2D eigenvalue weighted by Crippen LogP contribution is -2.15. The molecular weight excluding hydrogens is 237 g/mol. The molecule has 0 aliphatic rings. The second-order valence-corrected chi connectivity index (χ2v) is 5.25. The van der Waals surface area contributed by atoms with Crippen molar-refractivity contribution in [1.82, 2.24) is 0 Å². The van der Waals surface area contributed by atoms with E-state index < -0.39 is 0 Å². The van der Waals surface area contributed by atoms with Gasteiger partial charge in [0.15, 0.2) is 0 Å². The highest BCUT2D eigenvalue weighted by Gasteiger charge is 2.12. The summed E-state index contributed by atoms with van der Waals surface area (Å²) in [6.07, 6.45) is 0.654. The van der Waals surface area contributed by atoms with E-state index in [1.54, 1.807) is 6.07 Å². The molecule has 1 atom stereocenters. The molecule has 19 heavy (non-hydrogen) atoms. The fourth-order valence-electron chi connectivity index (χ4n) is 2.24. The molecule has 2 N–H and O–H groups in total. The highest BCUT2D eigenvalue weighted by atomic mass is 19.1. The van der Waals surface area contributed by atoms with Crippen LogP contribution in [0.3, 0.4) is 0 Å². The summed E-state index contributed by atoms with van der Waals surface area (Å²) >= 11 is 0. The Bertz CT molecular complexity index is 590. The highest BCUT2D eigenvalue weighted by molar-refractivity contribution is 5.32. The molecule has 0 bridgehead atoms. The van der Waals surface area contributed by atoms with E-state index in [0.717, 1.165) is 11.1 Å². The van der Waals surface area contributed by atoms with Crippen molar-refractivity contribution in [1.29, 1.82) is 0 Å². The van der Waals surface area contributed by atoms with E-state index in [4.69, 9.17) is 5.73 Å². The van der Waals surface area contributed by atoms with Gasteiger partial charge < -0.3 is 5.73 Å². The fraction of sp³-hybridized carbons (Fsp3) is 0.294. The molecule has 0 amide bonds. The molecule has 0 heterocycles. The number of benzene rings is 2. The summed E-state index contributed by atoms with van der Waals surface area (Å²) in [5.41, 5.74) is 11.4. The highest BCUT2D eigenvalue weighted by Crippen LogP contribution is 2.21. The van der Waals surface area contributed by atoms with Gasteiger partial charge in [-0.15, -0.1) is 0 Å². The van der Waals surface area contributed by atoms with Crippen LogP contribution in [0, 0.1) is 26.6 Å². The van der Waals surface area contributed by atoms with Crippen LogP contribution in [-0.4, -0.2) is 0 Å². The summed E-state index contributed by atoms with van der Waals surface area (Å²) in [5, 5.41) is 0. The van der Waals surface area contributed by atoms with Gasteiger partial charge in [-0.05, 0) is 49.9 Å². The molecule has 0 spiro atoms. The number of aryl methyl sites for hydroxylation is 3. The van der Waals surface area contributed by atoms with Crippen LogP contribution in [0.25, 0.3) is 0 Å². The fourth-order valence-corrected chi connectivity index (χ4v) is 2.24. The van der Waals surface area contributed by atoms with Gasteiger partial charge in [-0.1, -0.05) is 35.9 Å². The molecule has 100 valence electrons. The molecule has 0 radical (unpaired) electrons. The van der Waals surface area contributed by atoms with E-state index in [9.17, 15) is 4.39 Å². The smallest absolute Gasteiger partial charge is 0.128 e. The maximum Gasteiger partial charge on any atom is 0.128 e. The Morgan fingerprint density at radius 2 is 1.74 bits per heavy atom. The van der Waals surface area contributed by atoms with E-state index in [0.29, 0.717) is 12.0 Å². The molecule has 2 aromatic rings. The summed E-state index contributed by atoms with van der Waals surface area (Å²) in [6, 6.07) is 11.1. The van der Waals surface area contributed by atoms with E-state index in [1.165, 1.54) is 17.2 Å². The maximum absolute atomic E-state index is 13.8. The second kappa shape index (κ2) is 5.54. The Morgan fingerprint density at radius 3 is 2.42 bits per heavy atom. The molecule has 2 aromatic carbocycles. The first-order chi connectivity index (χ1) is 8.97. The maximum atomic E-state index is 13.8. The Hall–Kier alpha value is -1.67. The lowest BCUT2D eigenvalue weighted by atomic mass is 9.96. The van der Waals surface area contributed by atoms with Crippen LogP contribution in [0.15, 0.2) is 36.4 Å². The van der Waals surface area contributed by atoms with E-state index in [1.807, 2.05) is 13.0 Å². The van der Waals surface area contributed by atoms with Crippen LogP contribution in [0.5, 0.6) is 0 Å². The number of halogens is 1. The van der Waals surface area contributed by atoms with Crippen LogP contribution in [-0.2, 0) is 6.42 Å². The minimum Gasteiger partial charge on any atom is -0.324 e. The molecular formula is C17H20FN. The van der Waals surface area contributed by atoms with Crippen molar-refractivity contribution in [3.05, 3.63) is 70.0 Å². The molecule has 0 saturated carbocycles. The molecule has 0 aromatic heterocycles. The molecule has 0 saturated heterocycles.